The van der Waals surface area contributed by atoms with E-state index in [9.17, 15) is 9.59 Å². The van der Waals surface area contributed by atoms with Crippen LogP contribution in [0.5, 0.6) is 0 Å². The molecule has 6 heteroatoms. The van der Waals surface area contributed by atoms with Crippen LogP contribution in [0, 0.1) is 0 Å². The van der Waals surface area contributed by atoms with E-state index in [1.54, 1.807) is 6.20 Å². The van der Waals surface area contributed by atoms with Crippen molar-refractivity contribution in [2.75, 3.05) is 13.6 Å². The molecule has 0 spiro atoms. The lowest BCUT2D eigenvalue weighted by Gasteiger charge is -2.14. The van der Waals surface area contributed by atoms with Gasteiger partial charge in [0.15, 0.2) is 0 Å². The minimum absolute atomic E-state index is 0.00612. The smallest absolute Gasteiger partial charge is 0.321 e. The summed E-state index contributed by atoms with van der Waals surface area (Å²) in [6, 6.07) is 11.5. The van der Waals surface area contributed by atoms with E-state index in [4.69, 9.17) is 0 Å². The lowest BCUT2D eigenvalue weighted by atomic mass is 10.0. The molecule has 23 heavy (non-hydrogen) atoms. The van der Waals surface area contributed by atoms with E-state index in [0.717, 1.165) is 16.7 Å². The van der Waals surface area contributed by atoms with Crippen LogP contribution in [-0.4, -0.2) is 30.5 Å². The summed E-state index contributed by atoms with van der Waals surface area (Å²) >= 11 is 0. The number of nitrogens with zero attached hydrogens (tertiary/aromatic N) is 1. The molecular weight excluding hydrogens is 292 g/mol. The molecule has 1 aromatic carbocycles. The largest absolute Gasteiger partial charge is 0.341 e. The fourth-order valence-corrected chi connectivity index (χ4v) is 2.09. The van der Waals surface area contributed by atoms with Gasteiger partial charge in [-0.05, 0) is 29.7 Å². The number of hydrogen-bond donors (Lipinski definition) is 3. The van der Waals surface area contributed by atoms with Crippen molar-refractivity contribution in [3.8, 4) is 11.1 Å². The standard InChI is InChI=1S/C17H20N4O2/c1-12(20-11-16(22)21-17(23)18-2)13-5-7-14(8-6-13)15-4-3-9-19-10-15/h3-10,12,20H,11H2,1-2H3,(H2,18,21,22,23). The average molecular weight is 312 g/mol. The molecule has 0 saturated carbocycles. The van der Waals surface area contributed by atoms with Gasteiger partial charge in [0.2, 0.25) is 5.91 Å². The number of amides is 3. The fourth-order valence-electron chi connectivity index (χ4n) is 2.09. The summed E-state index contributed by atoms with van der Waals surface area (Å²) in [7, 11) is 1.46. The quantitative estimate of drug-likeness (QED) is 0.787. The number of rotatable bonds is 5. The molecule has 0 radical (unpaired) electrons. The summed E-state index contributed by atoms with van der Waals surface area (Å²) in [5.41, 5.74) is 3.21. The topological polar surface area (TPSA) is 83.1 Å². The third-order valence-corrected chi connectivity index (χ3v) is 3.45. The van der Waals surface area contributed by atoms with Crippen LogP contribution in [-0.2, 0) is 4.79 Å². The predicted octanol–water partition coefficient (Wildman–Crippen LogP) is 1.85. The number of hydrogen-bond acceptors (Lipinski definition) is 4. The Hall–Kier alpha value is -2.73. The normalized spacial score (nSPS) is 11.6. The van der Waals surface area contributed by atoms with Gasteiger partial charge in [0.25, 0.3) is 0 Å². The first-order valence-corrected chi connectivity index (χ1v) is 7.35. The molecule has 3 N–H and O–H groups in total. The van der Waals surface area contributed by atoms with Crippen LogP contribution >= 0.6 is 0 Å². The zero-order chi connectivity index (χ0) is 16.7. The maximum atomic E-state index is 11.5. The van der Waals surface area contributed by atoms with Crippen molar-refractivity contribution in [3.63, 3.8) is 0 Å². The molecule has 0 aliphatic rings. The van der Waals surface area contributed by atoms with E-state index < -0.39 is 6.03 Å². The highest BCUT2D eigenvalue weighted by Crippen LogP contribution is 2.20. The molecule has 1 aromatic heterocycles. The van der Waals surface area contributed by atoms with Crippen LogP contribution in [0.4, 0.5) is 4.79 Å². The Labute approximate surface area is 135 Å². The van der Waals surface area contributed by atoms with Crippen LogP contribution < -0.4 is 16.0 Å². The molecule has 0 fully saturated rings. The molecular formula is C17H20N4O2. The molecule has 1 unspecified atom stereocenters. The second kappa shape index (κ2) is 8.05. The molecule has 6 nitrogen and oxygen atoms in total. The van der Waals surface area contributed by atoms with Gasteiger partial charge < -0.3 is 10.6 Å². The van der Waals surface area contributed by atoms with Gasteiger partial charge in [0.05, 0.1) is 6.54 Å². The van der Waals surface area contributed by atoms with Crippen molar-refractivity contribution >= 4 is 11.9 Å². The summed E-state index contributed by atoms with van der Waals surface area (Å²) < 4.78 is 0. The molecule has 1 atom stereocenters. The van der Waals surface area contributed by atoms with Crippen molar-refractivity contribution in [3.05, 3.63) is 54.4 Å². The highest BCUT2D eigenvalue weighted by molar-refractivity contribution is 5.95. The van der Waals surface area contributed by atoms with Gasteiger partial charge in [0, 0.05) is 25.5 Å². The number of benzene rings is 1. The minimum atomic E-state index is -0.509. The zero-order valence-electron chi connectivity index (χ0n) is 13.2. The second-order valence-electron chi connectivity index (χ2n) is 5.09. The molecule has 2 rings (SSSR count). The highest BCUT2D eigenvalue weighted by Gasteiger charge is 2.09. The Balaban J connectivity index is 1.91. The number of pyridine rings is 1. The Morgan fingerprint density at radius 2 is 1.87 bits per heavy atom. The maximum absolute atomic E-state index is 11.5. The van der Waals surface area contributed by atoms with E-state index in [2.05, 4.69) is 20.9 Å². The predicted molar refractivity (Wildman–Crippen MR) is 88.7 cm³/mol. The number of imide groups is 1. The van der Waals surface area contributed by atoms with Crippen molar-refractivity contribution in [1.29, 1.82) is 0 Å². The van der Waals surface area contributed by atoms with Crippen LogP contribution in [0.2, 0.25) is 0 Å². The van der Waals surface area contributed by atoms with Crippen LogP contribution in [0.25, 0.3) is 11.1 Å². The number of aromatic nitrogens is 1. The lowest BCUT2D eigenvalue weighted by Crippen LogP contribution is -2.42. The summed E-state index contributed by atoms with van der Waals surface area (Å²) in [4.78, 5) is 26.7. The summed E-state index contributed by atoms with van der Waals surface area (Å²) in [6.07, 6.45) is 3.56. The first-order valence-electron chi connectivity index (χ1n) is 7.35. The number of nitrogens with one attached hydrogen (secondary N) is 3. The third-order valence-electron chi connectivity index (χ3n) is 3.45. The molecule has 1 heterocycles. The van der Waals surface area contributed by atoms with Crippen molar-refractivity contribution in [2.45, 2.75) is 13.0 Å². The fraction of sp³-hybridized carbons (Fsp3) is 0.235. The van der Waals surface area contributed by atoms with E-state index in [1.807, 2.05) is 49.5 Å². The molecule has 0 aliphatic heterocycles. The van der Waals surface area contributed by atoms with E-state index in [0.29, 0.717) is 0 Å². The van der Waals surface area contributed by atoms with Crippen molar-refractivity contribution in [2.24, 2.45) is 0 Å². The van der Waals surface area contributed by atoms with Gasteiger partial charge in [-0.3, -0.25) is 15.1 Å². The summed E-state index contributed by atoms with van der Waals surface area (Å²) in [5, 5.41) is 7.62. The first-order chi connectivity index (χ1) is 11.1. The minimum Gasteiger partial charge on any atom is -0.341 e. The SMILES string of the molecule is CNC(=O)NC(=O)CNC(C)c1ccc(-c2cccnc2)cc1. The van der Waals surface area contributed by atoms with Gasteiger partial charge in [-0.2, -0.15) is 0 Å². The molecule has 3 amide bonds. The van der Waals surface area contributed by atoms with E-state index in [-0.39, 0.29) is 18.5 Å². The van der Waals surface area contributed by atoms with Crippen molar-refractivity contribution < 1.29 is 9.59 Å². The second-order valence-corrected chi connectivity index (χ2v) is 5.09. The van der Waals surface area contributed by atoms with Gasteiger partial charge in [0.1, 0.15) is 0 Å². The summed E-state index contributed by atoms with van der Waals surface area (Å²) in [6.45, 7) is 2.03. The Bertz CT molecular complexity index is 656. The van der Waals surface area contributed by atoms with Crippen LogP contribution in [0.1, 0.15) is 18.5 Å². The maximum Gasteiger partial charge on any atom is 0.321 e. The Kier molecular flexibility index (Phi) is 5.82. The third kappa shape index (κ3) is 4.89. The zero-order valence-corrected chi connectivity index (χ0v) is 13.2. The summed E-state index contributed by atoms with van der Waals surface area (Å²) in [5.74, 6) is -0.372. The van der Waals surface area contributed by atoms with Gasteiger partial charge in [-0.25, -0.2) is 4.79 Å². The Morgan fingerprint density at radius 3 is 2.48 bits per heavy atom. The van der Waals surface area contributed by atoms with Gasteiger partial charge in [-0.15, -0.1) is 0 Å². The lowest BCUT2D eigenvalue weighted by molar-refractivity contribution is -0.119. The molecule has 2 aromatic rings. The number of carbonyl (C=O) groups excluding carboxylic acids is 2. The van der Waals surface area contributed by atoms with E-state index >= 15 is 0 Å². The van der Waals surface area contributed by atoms with Gasteiger partial charge >= 0.3 is 6.03 Å². The monoisotopic (exact) mass is 312 g/mol. The van der Waals surface area contributed by atoms with Crippen LogP contribution in [0.15, 0.2) is 48.8 Å². The molecule has 0 saturated heterocycles. The number of carbonyl (C=O) groups is 2. The number of urea groups is 1. The van der Waals surface area contributed by atoms with Crippen LogP contribution in [0.3, 0.4) is 0 Å². The van der Waals surface area contributed by atoms with Crippen molar-refractivity contribution in [1.82, 2.24) is 20.9 Å². The van der Waals surface area contributed by atoms with Gasteiger partial charge in [-0.1, -0.05) is 30.3 Å². The average Bonchev–Trinajstić information content (AvgIpc) is 2.60. The molecule has 0 aliphatic carbocycles. The Morgan fingerprint density at radius 1 is 1.13 bits per heavy atom. The first kappa shape index (κ1) is 16.6. The van der Waals surface area contributed by atoms with E-state index in [1.165, 1.54) is 7.05 Å². The molecule has 120 valence electrons. The molecule has 0 bridgehead atoms. The highest BCUT2D eigenvalue weighted by atomic mass is 16.2.